The van der Waals surface area contributed by atoms with Crippen LogP contribution in [0.25, 0.3) is 0 Å². The van der Waals surface area contributed by atoms with Gasteiger partial charge in [0.1, 0.15) is 5.75 Å². The van der Waals surface area contributed by atoms with Crippen molar-refractivity contribution in [3.8, 4) is 5.75 Å². The van der Waals surface area contributed by atoms with Crippen LogP contribution in [-0.2, 0) is 6.54 Å². The summed E-state index contributed by atoms with van der Waals surface area (Å²) in [5, 5.41) is 4.42. The molecule has 4 nitrogen and oxygen atoms in total. The maximum Gasteiger partial charge on any atom is 0.119 e. The number of rotatable bonds is 8. The predicted octanol–water partition coefficient (Wildman–Crippen LogP) is 3.97. The molecule has 1 aliphatic heterocycles. The predicted molar refractivity (Wildman–Crippen MR) is 111 cm³/mol. The van der Waals surface area contributed by atoms with Crippen LogP contribution in [0.15, 0.2) is 41.1 Å². The fourth-order valence-electron chi connectivity index (χ4n) is 3.63. The topological polar surface area (TPSA) is 41.7 Å². The van der Waals surface area contributed by atoms with E-state index < -0.39 is 0 Å². The number of nitrogens with zero attached hydrogens (tertiary/aromatic N) is 2. The third-order valence-corrected chi connectivity index (χ3v) is 5.97. The Balaban J connectivity index is 1.67. The maximum absolute atomic E-state index is 5.92. The molecular weight excluding hydrogens is 342 g/mol. The van der Waals surface area contributed by atoms with Crippen LogP contribution in [0.4, 0.5) is 5.69 Å². The summed E-state index contributed by atoms with van der Waals surface area (Å²) < 4.78 is 5.33. The largest absolute Gasteiger partial charge is 0.497 e. The van der Waals surface area contributed by atoms with Gasteiger partial charge in [0.2, 0.25) is 0 Å². The molecule has 1 aromatic carbocycles. The van der Waals surface area contributed by atoms with E-state index in [1.165, 1.54) is 24.1 Å². The van der Waals surface area contributed by atoms with Crippen molar-refractivity contribution in [1.29, 1.82) is 0 Å². The minimum Gasteiger partial charge on any atom is -0.497 e. The summed E-state index contributed by atoms with van der Waals surface area (Å²) in [5.41, 5.74) is 8.59. The van der Waals surface area contributed by atoms with Gasteiger partial charge in [-0.15, -0.1) is 0 Å². The molecule has 1 aliphatic rings. The van der Waals surface area contributed by atoms with Crippen molar-refractivity contribution in [3.63, 3.8) is 0 Å². The number of piperidine rings is 1. The van der Waals surface area contributed by atoms with E-state index in [1.807, 2.05) is 0 Å². The summed E-state index contributed by atoms with van der Waals surface area (Å²) in [6.07, 6.45) is 3.49. The molecule has 142 valence electrons. The van der Waals surface area contributed by atoms with Crippen molar-refractivity contribution in [3.05, 3.63) is 46.7 Å². The Labute approximate surface area is 161 Å². The highest BCUT2D eigenvalue weighted by molar-refractivity contribution is 7.07. The number of methoxy groups -OCH3 is 1. The van der Waals surface area contributed by atoms with Gasteiger partial charge < -0.3 is 20.3 Å². The average Bonchev–Trinajstić information content (AvgIpc) is 3.18. The number of ether oxygens (including phenoxy) is 1. The van der Waals surface area contributed by atoms with E-state index in [4.69, 9.17) is 10.5 Å². The first-order valence-corrected chi connectivity index (χ1v) is 10.5. The van der Waals surface area contributed by atoms with E-state index in [0.717, 1.165) is 38.3 Å². The summed E-state index contributed by atoms with van der Waals surface area (Å²) >= 11 is 1.77. The smallest absolute Gasteiger partial charge is 0.119 e. The number of likely N-dealkylation sites (tertiary alicyclic amines) is 1. The number of thiophene rings is 1. The van der Waals surface area contributed by atoms with Gasteiger partial charge >= 0.3 is 0 Å². The lowest BCUT2D eigenvalue weighted by atomic mass is 10.0. The van der Waals surface area contributed by atoms with Crippen LogP contribution in [0.3, 0.4) is 0 Å². The second-order valence-corrected chi connectivity index (χ2v) is 8.08. The van der Waals surface area contributed by atoms with E-state index in [0.29, 0.717) is 12.1 Å². The Kier molecular flexibility index (Phi) is 6.94. The number of benzene rings is 1. The molecule has 0 amide bonds. The van der Waals surface area contributed by atoms with Crippen LogP contribution >= 0.6 is 11.3 Å². The Morgan fingerprint density at radius 3 is 2.54 bits per heavy atom. The Bertz CT molecular complexity index is 634. The SMILES string of the molecule is COc1ccc(N(Cc2ccsc2)C2CCN(CC[C@@H](C)N)CC2)cc1. The van der Waals surface area contributed by atoms with Gasteiger partial charge in [0.25, 0.3) is 0 Å². The monoisotopic (exact) mass is 373 g/mol. The summed E-state index contributed by atoms with van der Waals surface area (Å²) in [7, 11) is 1.72. The molecule has 2 aromatic rings. The molecule has 0 radical (unpaired) electrons. The molecule has 1 saturated heterocycles. The van der Waals surface area contributed by atoms with Gasteiger partial charge in [-0.05, 0) is 79.4 Å². The number of hydrogen-bond acceptors (Lipinski definition) is 5. The highest BCUT2D eigenvalue weighted by atomic mass is 32.1. The first-order chi connectivity index (χ1) is 12.7. The maximum atomic E-state index is 5.92. The number of nitrogens with two attached hydrogens (primary N) is 1. The quantitative estimate of drug-likeness (QED) is 0.760. The van der Waals surface area contributed by atoms with Crippen LogP contribution in [0, 0.1) is 0 Å². The lowest BCUT2D eigenvalue weighted by Gasteiger charge is -2.40. The molecule has 1 atom stereocenters. The first-order valence-electron chi connectivity index (χ1n) is 9.55. The zero-order chi connectivity index (χ0) is 18.4. The second kappa shape index (κ2) is 9.40. The molecule has 0 spiro atoms. The van der Waals surface area contributed by atoms with E-state index in [2.05, 4.69) is 57.8 Å². The fraction of sp³-hybridized carbons (Fsp3) is 0.524. The van der Waals surface area contributed by atoms with Crippen molar-refractivity contribution in [1.82, 2.24) is 4.90 Å². The fourth-order valence-corrected chi connectivity index (χ4v) is 4.28. The molecule has 26 heavy (non-hydrogen) atoms. The van der Waals surface area contributed by atoms with Crippen LogP contribution in [0.5, 0.6) is 5.75 Å². The second-order valence-electron chi connectivity index (χ2n) is 7.30. The molecule has 2 heterocycles. The summed E-state index contributed by atoms with van der Waals surface area (Å²) in [5.74, 6) is 0.912. The van der Waals surface area contributed by atoms with Crippen molar-refractivity contribution in [2.45, 2.75) is 44.8 Å². The van der Waals surface area contributed by atoms with Crippen LogP contribution in [0.1, 0.15) is 31.7 Å². The minimum atomic E-state index is 0.294. The molecule has 3 rings (SSSR count). The first kappa shape index (κ1) is 19.2. The molecule has 1 aromatic heterocycles. The van der Waals surface area contributed by atoms with Crippen molar-refractivity contribution >= 4 is 17.0 Å². The Hall–Kier alpha value is -1.56. The van der Waals surface area contributed by atoms with Gasteiger partial charge in [-0.2, -0.15) is 11.3 Å². The standard InChI is InChI=1S/C21H31N3OS/c1-17(22)7-11-23-12-8-20(9-13-23)24(15-18-10-14-26-16-18)19-3-5-21(25-2)6-4-19/h3-6,10,14,16-17,20H,7-9,11-13,15,22H2,1-2H3/t17-/m1/s1. The molecule has 0 bridgehead atoms. The Morgan fingerprint density at radius 2 is 1.96 bits per heavy atom. The summed E-state index contributed by atoms with van der Waals surface area (Å²) in [6, 6.07) is 11.6. The van der Waals surface area contributed by atoms with Crippen LogP contribution < -0.4 is 15.4 Å². The van der Waals surface area contributed by atoms with Gasteiger partial charge in [-0.3, -0.25) is 0 Å². The molecular formula is C21H31N3OS. The van der Waals surface area contributed by atoms with E-state index in [1.54, 1.807) is 18.4 Å². The van der Waals surface area contributed by atoms with Crippen molar-refractivity contribution in [2.75, 3.05) is 31.6 Å². The lowest BCUT2D eigenvalue weighted by molar-refractivity contribution is 0.203. The number of anilines is 1. The van der Waals surface area contributed by atoms with Crippen LogP contribution in [0.2, 0.25) is 0 Å². The molecule has 0 aliphatic carbocycles. The van der Waals surface area contributed by atoms with Crippen molar-refractivity contribution < 1.29 is 4.74 Å². The van der Waals surface area contributed by atoms with Gasteiger partial charge in [-0.25, -0.2) is 0 Å². The molecule has 2 N–H and O–H groups in total. The lowest BCUT2D eigenvalue weighted by Crippen LogP contribution is -2.45. The molecule has 0 saturated carbocycles. The zero-order valence-electron chi connectivity index (χ0n) is 15.9. The van der Waals surface area contributed by atoms with E-state index in [9.17, 15) is 0 Å². The molecule has 1 fully saturated rings. The third kappa shape index (κ3) is 5.22. The number of hydrogen-bond donors (Lipinski definition) is 1. The van der Waals surface area contributed by atoms with E-state index in [-0.39, 0.29) is 0 Å². The highest BCUT2D eigenvalue weighted by Gasteiger charge is 2.25. The molecule has 5 heteroatoms. The van der Waals surface area contributed by atoms with Gasteiger partial charge in [-0.1, -0.05) is 0 Å². The van der Waals surface area contributed by atoms with Crippen molar-refractivity contribution in [2.24, 2.45) is 5.73 Å². The summed E-state index contributed by atoms with van der Waals surface area (Å²) in [4.78, 5) is 5.14. The average molecular weight is 374 g/mol. The van der Waals surface area contributed by atoms with Gasteiger partial charge in [0.15, 0.2) is 0 Å². The normalized spacial score (nSPS) is 17.2. The van der Waals surface area contributed by atoms with Gasteiger partial charge in [0.05, 0.1) is 7.11 Å². The molecule has 0 unspecified atom stereocenters. The third-order valence-electron chi connectivity index (χ3n) is 5.24. The Morgan fingerprint density at radius 1 is 1.23 bits per heavy atom. The minimum absolute atomic E-state index is 0.294. The zero-order valence-corrected chi connectivity index (χ0v) is 16.8. The van der Waals surface area contributed by atoms with E-state index >= 15 is 0 Å². The highest BCUT2D eigenvalue weighted by Crippen LogP contribution is 2.28. The summed E-state index contributed by atoms with van der Waals surface area (Å²) in [6.45, 7) is 6.51. The van der Waals surface area contributed by atoms with Gasteiger partial charge in [0, 0.05) is 37.4 Å². The van der Waals surface area contributed by atoms with Crippen LogP contribution in [-0.4, -0.2) is 43.7 Å².